The molecule has 3 unspecified atom stereocenters. The standard InChI is InChI=1S/C20H26O4/c1-11-12-4-7-20(16(11)22)14(8-12)19-6-3-5-18(2,10-24-17(19)23)13(19)9-15(20)21/h12-15,21H,1,3-10H2,2H3/t12-,13?,14?,15+,18-,19-,20?/m0/s1. The maximum absolute atomic E-state index is 13.2. The highest BCUT2D eigenvalue weighted by Crippen LogP contribution is 2.72. The number of ether oxygens (including phenoxy) is 1. The molecule has 6 aliphatic rings. The minimum Gasteiger partial charge on any atom is -0.465 e. The Morgan fingerprint density at radius 1 is 1.12 bits per heavy atom. The second-order valence-corrected chi connectivity index (χ2v) is 9.35. The minimum atomic E-state index is -0.781. The molecule has 130 valence electrons. The second-order valence-electron chi connectivity index (χ2n) is 9.35. The number of ketones is 1. The van der Waals surface area contributed by atoms with Crippen LogP contribution < -0.4 is 0 Å². The average Bonchev–Trinajstić information content (AvgIpc) is 2.57. The van der Waals surface area contributed by atoms with E-state index in [0.29, 0.717) is 25.0 Å². The van der Waals surface area contributed by atoms with E-state index in [0.717, 1.165) is 32.1 Å². The van der Waals surface area contributed by atoms with Gasteiger partial charge in [-0.2, -0.15) is 0 Å². The fourth-order valence-corrected chi connectivity index (χ4v) is 7.52. The Hall–Kier alpha value is -1.16. The summed E-state index contributed by atoms with van der Waals surface area (Å²) < 4.78 is 5.70. The lowest BCUT2D eigenvalue weighted by atomic mass is 9.35. The van der Waals surface area contributed by atoms with E-state index in [2.05, 4.69) is 13.5 Å². The van der Waals surface area contributed by atoms with Gasteiger partial charge in [-0.1, -0.05) is 19.9 Å². The number of carbonyl (C=O) groups excluding carboxylic acids is 2. The van der Waals surface area contributed by atoms with Crippen LogP contribution in [0.5, 0.6) is 0 Å². The Labute approximate surface area is 142 Å². The zero-order valence-electron chi connectivity index (χ0n) is 14.3. The number of rotatable bonds is 0. The number of aliphatic hydroxyl groups excluding tert-OH is 1. The normalized spacial score (nSPS) is 55.7. The molecule has 0 amide bonds. The Morgan fingerprint density at radius 3 is 2.71 bits per heavy atom. The third-order valence-corrected chi connectivity index (χ3v) is 8.65. The van der Waals surface area contributed by atoms with Gasteiger partial charge in [0.05, 0.1) is 23.5 Å². The van der Waals surface area contributed by atoms with Gasteiger partial charge in [0.25, 0.3) is 0 Å². The summed E-state index contributed by atoms with van der Waals surface area (Å²) in [6.45, 7) is 6.72. The molecule has 1 spiro atoms. The molecule has 0 aromatic rings. The minimum absolute atomic E-state index is 0.0426. The topological polar surface area (TPSA) is 63.6 Å². The maximum Gasteiger partial charge on any atom is 0.312 e. The number of allylic oxidation sites excluding steroid dienone is 1. The van der Waals surface area contributed by atoms with Crippen molar-refractivity contribution in [1.82, 2.24) is 0 Å². The highest BCUT2D eigenvalue weighted by atomic mass is 16.5. The molecule has 1 saturated heterocycles. The summed E-state index contributed by atoms with van der Waals surface area (Å²) in [5.74, 6) is 0.217. The molecule has 1 heterocycles. The predicted octanol–water partition coefficient (Wildman–Crippen LogP) is 2.64. The second kappa shape index (κ2) is 4.32. The summed E-state index contributed by atoms with van der Waals surface area (Å²) in [4.78, 5) is 26.2. The van der Waals surface area contributed by atoms with E-state index in [1.165, 1.54) is 0 Å². The van der Waals surface area contributed by atoms with Crippen molar-refractivity contribution in [3.63, 3.8) is 0 Å². The summed E-state index contributed by atoms with van der Waals surface area (Å²) in [6, 6.07) is 0. The van der Waals surface area contributed by atoms with Gasteiger partial charge in [-0.15, -0.1) is 0 Å². The van der Waals surface area contributed by atoms with E-state index in [1.807, 2.05) is 0 Å². The Morgan fingerprint density at radius 2 is 1.92 bits per heavy atom. The Kier molecular flexibility index (Phi) is 2.72. The molecule has 6 rings (SSSR count). The molecular weight excluding hydrogens is 304 g/mol. The predicted molar refractivity (Wildman–Crippen MR) is 86.9 cm³/mol. The first-order valence-electron chi connectivity index (χ1n) is 9.45. The van der Waals surface area contributed by atoms with Crippen molar-refractivity contribution in [2.45, 2.75) is 58.0 Å². The lowest BCUT2D eigenvalue weighted by molar-refractivity contribution is -0.254. The van der Waals surface area contributed by atoms with Gasteiger partial charge in [-0.25, -0.2) is 0 Å². The van der Waals surface area contributed by atoms with E-state index in [4.69, 9.17) is 4.74 Å². The molecule has 5 aliphatic carbocycles. The van der Waals surface area contributed by atoms with Crippen LogP contribution >= 0.6 is 0 Å². The first-order chi connectivity index (χ1) is 11.4. The molecular formula is C20H26O4. The summed E-state index contributed by atoms with van der Waals surface area (Å²) >= 11 is 0. The van der Waals surface area contributed by atoms with Gasteiger partial charge in [0.15, 0.2) is 5.78 Å². The van der Waals surface area contributed by atoms with Crippen LogP contribution in [0.25, 0.3) is 0 Å². The lowest BCUT2D eigenvalue weighted by Crippen LogP contribution is -2.72. The number of Topliss-reactive ketones (excluding diaryl/α,β-unsaturated/α-hetero) is 1. The van der Waals surface area contributed by atoms with Crippen molar-refractivity contribution in [3.8, 4) is 0 Å². The van der Waals surface area contributed by atoms with Crippen LogP contribution in [0.1, 0.15) is 51.9 Å². The summed E-state index contributed by atoms with van der Waals surface area (Å²) in [5.41, 5.74) is -0.698. The lowest BCUT2D eigenvalue weighted by Gasteiger charge is -2.69. The summed E-state index contributed by atoms with van der Waals surface area (Å²) in [7, 11) is 0. The van der Waals surface area contributed by atoms with Gasteiger partial charge in [-0.05, 0) is 61.9 Å². The van der Waals surface area contributed by atoms with Crippen molar-refractivity contribution in [1.29, 1.82) is 0 Å². The van der Waals surface area contributed by atoms with E-state index in [1.54, 1.807) is 0 Å². The van der Waals surface area contributed by atoms with Crippen LogP contribution in [0.4, 0.5) is 0 Å². The zero-order chi connectivity index (χ0) is 16.9. The highest BCUT2D eigenvalue weighted by molar-refractivity contribution is 6.03. The number of aliphatic hydroxyl groups is 1. The van der Waals surface area contributed by atoms with Crippen LogP contribution in [0.2, 0.25) is 0 Å². The monoisotopic (exact) mass is 330 g/mol. The number of esters is 1. The Bertz CT molecular complexity index is 669. The number of carbonyl (C=O) groups is 2. The quantitative estimate of drug-likeness (QED) is 0.548. The van der Waals surface area contributed by atoms with Crippen molar-refractivity contribution in [3.05, 3.63) is 12.2 Å². The number of hydrogen-bond donors (Lipinski definition) is 1. The fraction of sp³-hybridized carbons (Fsp3) is 0.800. The molecule has 1 N–H and O–H groups in total. The van der Waals surface area contributed by atoms with Crippen LogP contribution in [0.15, 0.2) is 12.2 Å². The van der Waals surface area contributed by atoms with Gasteiger partial charge in [-0.3, -0.25) is 9.59 Å². The van der Waals surface area contributed by atoms with Gasteiger partial charge >= 0.3 is 5.97 Å². The molecule has 5 saturated carbocycles. The summed E-state index contributed by atoms with van der Waals surface area (Å²) in [5, 5.41) is 11.1. The Balaban J connectivity index is 1.72. The summed E-state index contributed by atoms with van der Waals surface area (Å²) in [6.07, 6.45) is 5.25. The number of hydrogen-bond acceptors (Lipinski definition) is 4. The molecule has 4 bridgehead atoms. The van der Waals surface area contributed by atoms with Crippen LogP contribution in [-0.2, 0) is 14.3 Å². The molecule has 6 fully saturated rings. The van der Waals surface area contributed by atoms with Crippen LogP contribution in [-0.4, -0.2) is 29.6 Å². The van der Waals surface area contributed by atoms with Crippen molar-refractivity contribution in [2.24, 2.45) is 34.0 Å². The first kappa shape index (κ1) is 15.1. The largest absolute Gasteiger partial charge is 0.465 e. The SMILES string of the molecule is C=C1C(=O)C23CC[C@H]1CC2[C@@]12CCC[C@@](C)(COC1=O)C2C[C@H]3O. The molecule has 4 heteroatoms. The first-order valence-corrected chi connectivity index (χ1v) is 9.45. The van der Waals surface area contributed by atoms with Gasteiger partial charge in [0, 0.05) is 5.41 Å². The smallest absolute Gasteiger partial charge is 0.312 e. The number of fused-ring (bicyclic) bond motifs is 2. The molecule has 4 nitrogen and oxygen atoms in total. The van der Waals surface area contributed by atoms with Crippen LogP contribution in [0, 0.1) is 34.0 Å². The third kappa shape index (κ3) is 1.39. The molecule has 7 atom stereocenters. The molecule has 1 aliphatic heterocycles. The van der Waals surface area contributed by atoms with E-state index >= 15 is 0 Å². The van der Waals surface area contributed by atoms with E-state index in [9.17, 15) is 14.7 Å². The highest BCUT2D eigenvalue weighted by Gasteiger charge is 2.75. The maximum atomic E-state index is 13.2. The van der Waals surface area contributed by atoms with Gasteiger partial charge in [0.2, 0.25) is 0 Å². The average molecular weight is 330 g/mol. The van der Waals surface area contributed by atoms with E-state index < -0.39 is 16.9 Å². The van der Waals surface area contributed by atoms with Crippen molar-refractivity contribution < 1.29 is 19.4 Å². The van der Waals surface area contributed by atoms with Crippen LogP contribution in [0.3, 0.4) is 0 Å². The fourth-order valence-electron chi connectivity index (χ4n) is 7.52. The zero-order valence-corrected chi connectivity index (χ0v) is 14.3. The molecule has 0 aromatic carbocycles. The van der Waals surface area contributed by atoms with Crippen molar-refractivity contribution >= 4 is 11.8 Å². The van der Waals surface area contributed by atoms with Gasteiger partial charge in [0.1, 0.15) is 0 Å². The van der Waals surface area contributed by atoms with E-state index in [-0.39, 0.29) is 34.9 Å². The van der Waals surface area contributed by atoms with Gasteiger partial charge < -0.3 is 9.84 Å². The molecule has 24 heavy (non-hydrogen) atoms. The molecule has 0 aromatic heterocycles. The number of cyclic esters (lactones) is 1. The molecule has 0 radical (unpaired) electrons. The third-order valence-electron chi connectivity index (χ3n) is 8.65. The van der Waals surface area contributed by atoms with Crippen molar-refractivity contribution in [2.75, 3.05) is 6.61 Å².